The number of fused-ring (bicyclic) bond motifs is 1. The van der Waals surface area contributed by atoms with Crippen LogP contribution in [0.25, 0.3) is 11.2 Å². The molecular weight excluding hydrogens is 316 g/mol. The van der Waals surface area contributed by atoms with Gasteiger partial charge in [-0.1, -0.05) is 0 Å². The van der Waals surface area contributed by atoms with E-state index in [0.29, 0.717) is 17.5 Å². The molecule has 2 N–H and O–H groups in total. The minimum absolute atomic E-state index is 0.0431. The highest BCUT2D eigenvalue weighted by molar-refractivity contribution is 5.92. The van der Waals surface area contributed by atoms with Crippen LogP contribution in [0.5, 0.6) is 0 Å². The molecule has 128 valence electrons. The topological polar surface area (TPSA) is 90.6 Å². The zero-order valence-corrected chi connectivity index (χ0v) is 13.9. The van der Waals surface area contributed by atoms with Crippen LogP contribution in [0, 0.1) is 0 Å². The first-order chi connectivity index (χ1) is 12.3. The summed E-state index contributed by atoms with van der Waals surface area (Å²) in [5.74, 6) is 1.05. The van der Waals surface area contributed by atoms with E-state index < -0.39 is 0 Å². The molecule has 0 unspecified atom stereocenters. The lowest BCUT2D eigenvalue weighted by Crippen LogP contribution is -2.38. The van der Waals surface area contributed by atoms with Gasteiger partial charge in [-0.15, -0.1) is 0 Å². The molecule has 2 fully saturated rings. The first-order valence-corrected chi connectivity index (χ1v) is 8.92. The molecule has 0 atom stereocenters. The average molecular weight is 336 g/mol. The maximum atomic E-state index is 12.7. The van der Waals surface area contributed by atoms with Gasteiger partial charge in [-0.25, -0.2) is 4.98 Å². The number of carbonyl (C=O) groups excluding carboxylic acids is 1. The SMILES string of the molecule is O=C(c1cc(C2CC2)[nH]n1)N1CCC(c2cc3nccnc3[nH]2)CC1. The number of nitrogens with one attached hydrogen (secondary N) is 2. The van der Waals surface area contributed by atoms with Crippen LogP contribution in [-0.4, -0.2) is 49.0 Å². The minimum atomic E-state index is 0.0431. The van der Waals surface area contributed by atoms with Crippen LogP contribution in [0.2, 0.25) is 0 Å². The molecule has 7 heteroatoms. The number of carbonyl (C=O) groups is 1. The highest BCUT2D eigenvalue weighted by atomic mass is 16.2. The Kier molecular flexibility index (Phi) is 3.33. The van der Waals surface area contributed by atoms with Gasteiger partial charge in [0.05, 0.1) is 0 Å². The normalized spacial score (nSPS) is 18.8. The highest BCUT2D eigenvalue weighted by Gasteiger charge is 2.29. The summed E-state index contributed by atoms with van der Waals surface area (Å²) in [7, 11) is 0. The quantitative estimate of drug-likeness (QED) is 0.769. The van der Waals surface area contributed by atoms with Crippen LogP contribution in [0.3, 0.4) is 0 Å². The Hall–Kier alpha value is -2.70. The molecule has 7 nitrogen and oxygen atoms in total. The molecule has 3 aromatic rings. The molecular formula is C18H20N6O. The van der Waals surface area contributed by atoms with Crippen molar-refractivity contribution in [2.45, 2.75) is 37.5 Å². The van der Waals surface area contributed by atoms with E-state index in [4.69, 9.17) is 0 Å². The average Bonchev–Trinajstić information content (AvgIpc) is 3.22. The zero-order valence-electron chi connectivity index (χ0n) is 13.9. The molecule has 0 aromatic carbocycles. The third kappa shape index (κ3) is 2.69. The van der Waals surface area contributed by atoms with Crippen molar-refractivity contribution in [1.29, 1.82) is 0 Å². The maximum Gasteiger partial charge on any atom is 0.274 e. The van der Waals surface area contributed by atoms with E-state index in [9.17, 15) is 4.79 Å². The Labute approximate surface area is 144 Å². The fourth-order valence-corrected chi connectivity index (χ4v) is 3.70. The zero-order chi connectivity index (χ0) is 16.8. The van der Waals surface area contributed by atoms with Crippen molar-refractivity contribution in [3.8, 4) is 0 Å². The lowest BCUT2D eigenvalue weighted by atomic mass is 9.93. The van der Waals surface area contributed by atoms with Gasteiger partial charge in [0.1, 0.15) is 11.2 Å². The van der Waals surface area contributed by atoms with Crippen molar-refractivity contribution in [1.82, 2.24) is 30.0 Å². The number of piperidine rings is 1. The highest BCUT2D eigenvalue weighted by Crippen LogP contribution is 2.39. The van der Waals surface area contributed by atoms with Gasteiger partial charge >= 0.3 is 0 Å². The van der Waals surface area contributed by atoms with Gasteiger partial charge in [-0.3, -0.25) is 14.9 Å². The third-order valence-electron chi connectivity index (χ3n) is 5.34. The lowest BCUT2D eigenvalue weighted by Gasteiger charge is -2.31. The molecule has 0 radical (unpaired) electrons. The van der Waals surface area contributed by atoms with Crippen LogP contribution in [0.15, 0.2) is 24.5 Å². The van der Waals surface area contributed by atoms with E-state index >= 15 is 0 Å². The molecule has 1 saturated carbocycles. The number of hydrogen-bond acceptors (Lipinski definition) is 4. The first-order valence-electron chi connectivity index (χ1n) is 8.92. The molecule has 2 aliphatic rings. The van der Waals surface area contributed by atoms with Crippen LogP contribution in [-0.2, 0) is 0 Å². The fraction of sp³-hybridized carbons (Fsp3) is 0.444. The predicted octanol–water partition coefficient (Wildman–Crippen LogP) is 2.58. The summed E-state index contributed by atoms with van der Waals surface area (Å²) in [6.45, 7) is 1.51. The van der Waals surface area contributed by atoms with Crippen LogP contribution >= 0.6 is 0 Å². The van der Waals surface area contributed by atoms with Crippen LogP contribution in [0.4, 0.5) is 0 Å². The summed E-state index contributed by atoms with van der Waals surface area (Å²) in [5, 5.41) is 7.24. The molecule has 1 aliphatic carbocycles. The smallest absolute Gasteiger partial charge is 0.274 e. The lowest BCUT2D eigenvalue weighted by molar-refractivity contribution is 0.0706. The van der Waals surface area contributed by atoms with Gasteiger partial charge in [0, 0.05) is 48.7 Å². The second-order valence-electron chi connectivity index (χ2n) is 7.06. The van der Waals surface area contributed by atoms with E-state index in [1.807, 2.05) is 11.0 Å². The van der Waals surface area contributed by atoms with Gasteiger partial charge in [0.15, 0.2) is 5.65 Å². The molecule has 5 rings (SSSR count). The van der Waals surface area contributed by atoms with Gasteiger partial charge in [-0.2, -0.15) is 5.10 Å². The number of hydrogen-bond donors (Lipinski definition) is 2. The minimum Gasteiger partial charge on any atom is -0.342 e. The number of aromatic amines is 2. The van der Waals surface area contributed by atoms with Gasteiger partial charge in [-0.05, 0) is 37.8 Å². The molecule has 1 saturated heterocycles. The van der Waals surface area contributed by atoms with E-state index in [1.165, 1.54) is 18.5 Å². The Morgan fingerprint density at radius 3 is 2.52 bits per heavy atom. The van der Waals surface area contributed by atoms with Crippen molar-refractivity contribution in [3.63, 3.8) is 0 Å². The van der Waals surface area contributed by atoms with Crippen molar-refractivity contribution < 1.29 is 4.79 Å². The van der Waals surface area contributed by atoms with Crippen molar-refractivity contribution >= 4 is 17.1 Å². The van der Waals surface area contributed by atoms with Crippen molar-refractivity contribution in [2.24, 2.45) is 0 Å². The summed E-state index contributed by atoms with van der Waals surface area (Å²) in [4.78, 5) is 26.6. The largest absolute Gasteiger partial charge is 0.342 e. The summed E-state index contributed by atoms with van der Waals surface area (Å²) in [6.07, 6.45) is 7.70. The summed E-state index contributed by atoms with van der Waals surface area (Å²) in [5.41, 5.74) is 4.57. The number of H-pyrrole nitrogens is 2. The second-order valence-corrected chi connectivity index (χ2v) is 7.06. The van der Waals surface area contributed by atoms with E-state index in [2.05, 4.69) is 31.2 Å². The number of amides is 1. The monoisotopic (exact) mass is 336 g/mol. The Balaban J connectivity index is 1.26. The fourth-order valence-electron chi connectivity index (χ4n) is 3.70. The van der Waals surface area contributed by atoms with E-state index in [0.717, 1.165) is 42.8 Å². The van der Waals surface area contributed by atoms with Crippen molar-refractivity contribution in [2.75, 3.05) is 13.1 Å². The molecule has 1 amide bonds. The van der Waals surface area contributed by atoms with Gasteiger partial charge in [0.25, 0.3) is 5.91 Å². The third-order valence-corrected chi connectivity index (χ3v) is 5.34. The van der Waals surface area contributed by atoms with Gasteiger partial charge in [0.2, 0.25) is 0 Å². The standard InChI is InChI=1S/C18H20N6O/c25-18(16-10-14(22-23-16)11-1-2-11)24-7-3-12(4-8-24)13-9-15-17(21-13)20-6-5-19-15/h5-6,9-12H,1-4,7-8H2,(H,20,21)(H,22,23). The van der Waals surface area contributed by atoms with E-state index in [1.54, 1.807) is 12.4 Å². The maximum absolute atomic E-state index is 12.7. The predicted molar refractivity (Wildman–Crippen MR) is 92.3 cm³/mol. The van der Waals surface area contributed by atoms with Crippen LogP contribution in [0.1, 0.15) is 59.4 Å². The molecule has 0 spiro atoms. The summed E-state index contributed by atoms with van der Waals surface area (Å²) in [6, 6.07) is 4.02. The number of rotatable bonds is 3. The Morgan fingerprint density at radius 2 is 1.76 bits per heavy atom. The summed E-state index contributed by atoms with van der Waals surface area (Å²) < 4.78 is 0. The van der Waals surface area contributed by atoms with E-state index in [-0.39, 0.29) is 5.91 Å². The van der Waals surface area contributed by atoms with Gasteiger partial charge < -0.3 is 9.88 Å². The summed E-state index contributed by atoms with van der Waals surface area (Å²) >= 11 is 0. The first kappa shape index (κ1) is 14.6. The molecule has 1 aliphatic heterocycles. The molecule has 0 bridgehead atoms. The second kappa shape index (κ2) is 5.68. The van der Waals surface area contributed by atoms with Crippen LogP contribution < -0.4 is 0 Å². The molecule has 25 heavy (non-hydrogen) atoms. The number of aromatic nitrogens is 5. The number of likely N-dealkylation sites (tertiary alicyclic amines) is 1. The number of nitrogens with zero attached hydrogens (tertiary/aromatic N) is 4. The van der Waals surface area contributed by atoms with Crippen molar-refractivity contribution in [3.05, 3.63) is 41.6 Å². The molecule has 3 aromatic heterocycles. The molecule has 4 heterocycles. The Morgan fingerprint density at radius 1 is 1.00 bits per heavy atom. The Bertz CT molecular complexity index is 883.